The van der Waals surface area contributed by atoms with Gasteiger partial charge in [0.1, 0.15) is 11.9 Å². The van der Waals surface area contributed by atoms with Gasteiger partial charge in [0, 0.05) is 26.6 Å². The number of ketones is 1. The lowest BCUT2D eigenvalue weighted by molar-refractivity contribution is -0.120. The van der Waals surface area contributed by atoms with E-state index in [4.69, 9.17) is 9.05 Å². The number of hydrogen-bond donors (Lipinski definition) is 0. The van der Waals surface area contributed by atoms with Crippen molar-refractivity contribution in [1.82, 2.24) is 0 Å². The molecule has 0 heterocycles. The molecule has 0 spiro atoms. The molecule has 0 aliphatic rings. The van der Waals surface area contributed by atoms with Crippen LogP contribution in [0.4, 0.5) is 0 Å². The van der Waals surface area contributed by atoms with E-state index in [1.807, 2.05) is 0 Å². The highest BCUT2D eigenvalue weighted by Gasteiger charge is 2.27. The predicted octanol–water partition coefficient (Wildman–Crippen LogP) is 2.48. The standard InChI is InChI=1S/C11H19O4P/c1-5-6-7-8-10(2)11(12)9-16(13,14-3)15-4/h10H,7-9H2,1-4H3. The second-order valence-electron chi connectivity index (χ2n) is 3.47. The smallest absolute Gasteiger partial charge is 0.312 e. The molecule has 0 rings (SSSR count). The van der Waals surface area contributed by atoms with Crippen LogP contribution in [0.15, 0.2) is 0 Å². The molecule has 5 heteroatoms. The van der Waals surface area contributed by atoms with E-state index in [1.165, 1.54) is 14.2 Å². The van der Waals surface area contributed by atoms with E-state index in [1.54, 1.807) is 13.8 Å². The van der Waals surface area contributed by atoms with Gasteiger partial charge < -0.3 is 9.05 Å². The third-order valence-corrected chi connectivity index (χ3v) is 4.15. The Morgan fingerprint density at radius 2 is 1.94 bits per heavy atom. The molecule has 0 saturated carbocycles. The second-order valence-corrected chi connectivity index (χ2v) is 5.74. The van der Waals surface area contributed by atoms with Gasteiger partial charge >= 0.3 is 7.60 Å². The molecule has 1 atom stereocenters. The van der Waals surface area contributed by atoms with Crippen LogP contribution in [0.1, 0.15) is 26.7 Å². The molecule has 0 bridgehead atoms. The summed E-state index contributed by atoms with van der Waals surface area (Å²) in [4.78, 5) is 11.7. The summed E-state index contributed by atoms with van der Waals surface area (Å²) in [5.41, 5.74) is 0. The van der Waals surface area contributed by atoms with Crippen LogP contribution in [0.3, 0.4) is 0 Å². The average molecular weight is 246 g/mol. The van der Waals surface area contributed by atoms with Crippen LogP contribution in [0.25, 0.3) is 0 Å². The van der Waals surface area contributed by atoms with Crippen LogP contribution >= 0.6 is 7.60 Å². The Bertz CT molecular complexity index is 319. The van der Waals surface area contributed by atoms with Crippen LogP contribution in [-0.4, -0.2) is 26.2 Å². The molecule has 0 aromatic carbocycles. The third kappa shape index (κ3) is 5.46. The monoisotopic (exact) mass is 246 g/mol. The van der Waals surface area contributed by atoms with Crippen molar-refractivity contribution >= 4 is 13.4 Å². The topological polar surface area (TPSA) is 52.6 Å². The molecular weight excluding hydrogens is 227 g/mol. The van der Waals surface area contributed by atoms with Crippen LogP contribution in [0, 0.1) is 17.8 Å². The van der Waals surface area contributed by atoms with Gasteiger partial charge in [-0.15, -0.1) is 11.8 Å². The highest BCUT2D eigenvalue weighted by molar-refractivity contribution is 7.54. The maximum Gasteiger partial charge on any atom is 0.337 e. The molecule has 92 valence electrons. The SMILES string of the molecule is CC#CCCC(C)C(=O)CP(=O)(OC)OC. The van der Waals surface area contributed by atoms with Crippen molar-refractivity contribution in [2.45, 2.75) is 26.7 Å². The van der Waals surface area contributed by atoms with Crippen molar-refractivity contribution in [3.63, 3.8) is 0 Å². The van der Waals surface area contributed by atoms with Gasteiger partial charge in [0.25, 0.3) is 0 Å². The Morgan fingerprint density at radius 1 is 1.38 bits per heavy atom. The van der Waals surface area contributed by atoms with Crippen molar-refractivity contribution in [3.8, 4) is 11.8 Å². The van der Waals surface area contributed by atoms with E-state index in [0.717, 1.165) is 0 Å². The summed E-state index contributed by atoms with van der Waals surface area (Å²) in [5, 5.41) is 0. The van der Waals surface area contributed by atoms with E-state index in [-0.39, 0.29) is 17.9 Å². The van der Waals surface area contributed by atoms with Crippen molar-refractivity contribution in [2.75, 3.05) is 20.4 Å². The molecular formula is C11H19O4P. The fraction of sp³-hybridized carbons (Fsp3) is 0.727. The summed E-state index contributed by atoms with van der Waals surface area (Å²) >= 11 is 0. The minimum Gasteiger partial charge on any atom is -0.312 e. The Balaban J connectivity index is 4.22. The highest BCUT2D eigenvalue weighted by Crippen LogP contribution is 2.46. The molecule has 0 aliphatic heterocycles. The summed E-state index contributed by atoms with van der Waals surface area (Å²) in [5.74, 6) is 5.38. The number of carbonyl (C=O) groups excluding carboxylic acids is 1. The molecule has 16 heavy (non-hydrogen) atoms. The van der Waals surface area contributed by atoms with Crippen LogP contribution in [0.2, 0.25) is 0 Å². The van der Waals surface area contributed by atoms with Gasteiger partial charge in [-0.2, -0.15) is 0 Å². The molecule has 1 unspecified atom stereocenters. The van der Waals surface area contributed by atoms with Crippen LogP contribution in [0.5, 0.6) is 0 Å². The van der Waals surface area contributed by atoms with Crippen molar-refractivity contribution in [2.24, 2.45) is 5.92 Å². The minimum absolute atomic E-state index is 0.107. The zero-order chi connectivity index (χ0) is 12.6. The van der Waals surface area contributed by atoms with E-state index in [9.17, 15) is 9.36 Å². The summed E-state index contributed by atoms with van der Waals surface area (Å²) < 4.78 is 21.1. The molecule has 0 aliphatic carbocycles. The number of Topliss-reactive ketones (excluding diaryl/α,β-unsaturated/α-hetero) is 1. The first-order valence-corrected chi connectivity index (χ1v) is 6.84. The molecule has 0 radical (unpaired) electrons. The fourth-order valence-electron chi connectivity index (χ4n) is 1.12. The first kappa shape index (κ1) is 15.4. The maximum absolute atomic E-state index is 11.7. The molecule has 0 saturated heterocycles. The highest BCUT2D eigenvalue weighted by atomic mass is 31.2. The normalized spacial score (nSPS) is 12.8. The Hall–Kier alpha value is -0.620. The Kier molecular flexibility index (Phi) is 7.33. The summed E-state index contributed by atoms with van der Waals surface area (Å²) in [6, 6.07) is 0. The predicted molar refractivity (Wildman–Crippen MR) is 63.3 cm³/mol. The van der Waals surface area contributed by atoms with Crippen molar-refractivity contribution < 1.29 is 18.4 Å². The zero-order valence-electron chi connectivity index (χ0n) is 10.3. The molecule has 4 nitrogen and oxygen atoms in total. The molecule has 0 fully saturated rings. The van der Waals surface area contributed by atoms with Crippen molar-refractivity contribution in [3.05, 3.63) is 0 Å². The van der Waals surface area contributed by atoms with Gasteiger partial charge in [-0.1, -0.05) is 6.92 Å². The maximum atomic E-state index is 11.7. The van der Waals surface area contributed by atoms with Gasteiger partial charge in [-0.25, -0.2) is 0 Å². The summed E-state index contributed by atoms with van der Waals surface area (Å²) in [7, 11) is -0.651. The zero-order valence-corrected chi connectivity index (χ0v) is 11.2. The Labute approximate surface area is 97.2 Å². The molecule has 0 amide bonds. The van der Waals surface area contributed by atoms with Gasteiger partial charge in [0.2, 0.25) is 0 Å². The Morgan fingerprint density at radius 3 is 2.38 bits per heavy atom. The van der Waals surface area contributed by atoms with Gasteiger partial charge in [0.05, 0.1) is 0 Å². The van der Waals surface area contributed by atoms with E-state index >= 15 is 0 Å². The molecule has 0 N–H and O–H groups in total. The minimum atomic E-state index is -3.22. The van der Waals surface area contributed by atoms with Crippen molar-refractivity contribution in [1.29, 1.82) is 0 Å². The second kappa shape index (κ2) is 7.62. The van der Waals surface area contributed by atoms with Gasteiger partial charge in [-0.05, 0) is 13.3 Å². The largest absolute Gasteiger partial charge is 0.337 e. The third-order valence-electron chi connectivity index (χ3n) is 2.33. The fourth-order valence-corrected chi connectivity index (χ4v) is 2.23. The lowest BCUT2D eigenvalue weighted by Crippen LogP contribution is -2.16. The first-order chi connectivity index (χ1) is 7.49. The quantitative estimate of drug-likeness (QED) is 0.511. The van der Waals surface area contributed by atoms with Gasteiger partial charge in [0.15, 0.2) is 0 Å². The van der Waals surface area contributed by atoms with E-state index in [0.29, 0.717) is 12.8 Å². The number of hydrogen-bond acceptors (Lipinski definition) is 4. The average Bonchev–Trinajstić information content (AvgIpc) is 2.29. The van der Waals surface area contributed by atoms with E-state index in [2.05, 4.69) is 11.8 Å². The molecule has 0 aromatic heterocycles. The number of rotatable bonds is 7. The first-order valence-electron chi connectivity index (χ1n) is 5.12. The van der Waals surface area contributed by atoms with Crippen LogP contribution < -0.4 is 0 Å². The number of carbonyl (C=O) groups is 1. The lowest BCUT2D eigenvalue weighted by Gasteiger charge is -2.15. The van der Waals surface area contributed by atoms with E-state index < -0.39 is 7.60 Å². The van der Waals surface area contributed by atoms with Gasteiger partial charge in [-0.3, -0.25) is 9.36 Å². The summed E-state index contributed by atoms with van der Waals surface area (Å²) in [6.07, 6.45) is 1.18. The van der Waals surface area contributed by atoms with Crippen LogP contribution in [-0.2, 0) is 18.4 Å². The molecule has 0 aromatic rings. The lowest BCUT2D eigenvalue weighted by atomic mass is 10.0. The summed E-state index contributed by atoms with van der Waals surface area (Å²) in [6.45, 7) is 3.56.